The predicted molar refractivity (Wildman–Crippen MR) is 133 cm³/mol. The van der Waals surface area contributed by atoms with Crippen LogP contribution in [0.3, 0.4) is 0 Å². The molecule has 0 spiro atoms. The lowest BCUT2D eigenvalue weighted by molar-refractivity contribution is -0.149. The minimum Gasteiger partial charge on any atom is -0.480 e. The summed E-state index contributed by atoms with van der Waals surface area (Å²) in [5, 5.41) is 14.9. The molecule has 3 amide bonds. The summed E-state index contributed by atoms with van der Waals surface area (Å²) >= 11 is 0. The molecule has 35 heavy (non-hydrogen) atoms. The van der Waals surface area contributed by atoms with Gasteiger partial charge in [-0.05, 0) is 50.4 Å². The molecule has 200 valence electrons. The second kappa shape index (κ2) is 14.5. The molecular formula is C23H43N7O5. The van der Waals surface area contributed by atoms with Crippen molar-refractivity contribution in [2.75, 3.05) is 13.1 Å². The molecule has 1 aliphatic rings. The maximum Gasteiger partial charge on any atom is 0.326 e. The van der Waals surface area contributed by atoms with E-state index < -0.39 is 47.9 Å². The number of nitrogens with one attached hydrogen (secondary N) is 2. The molecule has 0 bridgehead atoms. The highest BCUT2D eigenvalue weighted by atomic mass is 16.4. The van der Waals surface area contributed by atoms with Gasteiger partial charge in [0.2, 0.25) is 17.7 Å². The van der Waals surface area contributed by atoms with Crippen LogP contribution in [-0.4, -0.2) is 76.9 Å². The number of carboxylic acids is 1. The third kappa shape index (κ3) is 10.5. The summed E-state index contributed by atoms with van der Waals surface area (Å²) in [5.74, 6) is -2.32. The molecule has 1 rings (SSSR count). The lowest BCUT2D eigenvalue weighted by Crippen LogP contribution is -2.57. The number of nitrogens with two attached hydrogens (primary N) is 3. The van der Waals surface area contributed by atoms with E-state index in [0.717, 1.165) is 0 Å². The van der Waals surface area contributed by atoms with E-state index in [1.807, 2.05) is 27.7 Å². The molecule has 0 radical (unpaired) electrons. The third-order valence-corrected chi connectivity index (χ3v) is 5.79. The second-order valence-electron chi connectivity index (χ2n) is 9.96. The van der Waals surface area contributed by atoms with Gasteiger partial charge in [0.15, 0.2) is 5.96 Å². The van der Waals surface area contributed by atoms with E-state index in [1.54, 1.807) is 0 Å². The van der Waals surface area contributed by atoms with E-state index in [-0.39, 0.29) is 17.8 Å². The maximum atomic E-state index is 13.2. The molecule has 0 saturated carbocycles. The number of aliphatic carboxylic acids is 1. The molecule has 4 atom stereocenters. The number of carbonyl (C=O) groups excluding carboxylic acids is 3. The smallest absolute Gasteiger partial charge is 0.326 e. The van der Waals surface area contributed by atoms with Crippen molar-refractivity contribution in [1.29, 1.82) is 0 Å². The van der Waals surface area contributed by atoms with Crippen LogP contribution in [0.15, 0.2) is 4.99 Å². The fraction of sp³-hybridized carbons (Fsp3) is 0.783. The van der Waals surface area contributed by atoms with Crippen LogP contribution >= 0.6 is 0 Å². The Morgan fingerprint density at radius 3 is 2.11 bits per heavy atom. The Hall–Kier alpha value is -2.89. The second-order valence-corrected chi connectivity index (χ2v) is 9.96. The first-order valence-electron chi connectivity index (χ1n) is 12.3. The Balaban J connectivity index is 2.90. The Morgan fingerprint density at radius 2 is 1.57 bits per heavy atom. The van der Waals surface area contributed by atoms with E-state index in [1.165, 1.54) is 4.90 Å². The molecule has 1 aliphatic heterocycles. The normalized spacial score (nSPS) is 18.1. The van der Waals surface area contributed by atoms with Gasteiger partial charge in [0.1, 0.15) is 18.1 Å². The summed E-state index contributed by atoms with van der Waals surface area (Å²) in [6.45, 7) is 8.34. The molecular weight excluding hydrogens is 454 g/mol. The van der Waals surface area contributed by atoms with Crippen LogP contribution in [0.2, 0.25) is 0 Å². The molecule has 1 fully saturated rings. The topological polar surface area (TPSA) is 206 Å². The summed E-state index contributed by atoms with van der Waals surface area (Å²) in [7, 11) is 0. The predicted octanol–water partition coefficient (Wildman–Crippen LogP) is -0.495. The Labute approximate surface area is 207 Å². The van der Waals surface area contributed by atoms with E-state index in [9.17, 15) is 24.3 Å². The van der Waals surface area contributed by atoms with Crippen LogP contribution in [0.1, 0.15) is 66.2 Å². The van der Waals surface area contributed by atoms with Crippen molar-refractivity contribution in [1.82, 2.24) is 15.5 Å². The fourth-order valence-electron chi connectivity index (χ4n) is 4.08. The van der Waals surface area contributed by atoms with Crippen molar-refractivity contribution in [3.05, 3.63) is 0 Å². The van der Waals surface area contributed by atoms with Crippen LogP contribution in [-0.2, 0) is 19.2 Å². The molecule has 1 heterocycles. The number of rotatable bonds is 14. The van der Waals surface area contributed by atoms with Crippen molar-refractivity contribution in [3.63, 3.8) is 0 Å². The monoisotopic (exact) mass is 497 g/mol. The highest BCUT2D eigenvalue weighted by molar-refractivity contribution is 5.94. The van der Waals surface area contributed by atoms with Crippen molar-refractivity contribution in [2.24, 2.45) is 34.0 Å². The Bertz CT molecular complexity index is 767. The zero-order valence-corrected chi connectivity index (χ0v) is 21.3. The van der Waals surface area contributed by atoms with Crippen LogP contribution in [0.25, 0.3) is 0 Å². The van der Waals surface area contributed by atoms with Crippen LogP contribution in [0.5, 0.6) is 0 Å². The van der Waals surface area contributed by atoms with Gasteiger partial charge >= 0.3 is 5.97 Å². The van der Waals surface area contributed by atoms with Crippen molar-refractivity contribution >= 4 is 29.7 Å². The third-order valence-electron chi connectivity index (χ3n) is 5.79. The summed E-state index contributed by atoms with van der Waals surface area (Å²) < 4.78 is 0. The van der Waals surface area contributed by atoms with Gasteiger partial charge in [0.05, 0.1) is 6.04 Å². The van der Waals surface area contributed by atoms with Crippen LogP contribution < -0.4 is 27.8 Å². The first kappa shape index (κ1) is 30.1. The standard InChI is InChI=1S/C23H43N7O5/c1-13(2)11-16(28-19(31)15(24)7-5-9-27-23(25)26)20(32)29-17(12-14(3)4)21(33)30-10-6-8-18(30)22(34)35/h13-18H,5-12,24H2,1-4H3,(H,28,31)(H,29,32)(H,34,35)(H4,25,26,27). The van der Waals surface area contributed by atoms with E-state index >= 15 is 0 Å². The number of carbonyl (C=O) groups is 4. The van der Waals surface area contributed by atoms with E-state index in [2.05, 4.69) is 15.6 Å². The van der Waals surface area contributed by atoms with Gasteiger partial charge in [-0.3, -0.25) is 19.4 Å². The Morgan fingerprint density at radius 1 is 1.00 bits per heavy atom. The van der Waals surface area contributed by atoms with E-state index in [4.69, 9.17) is 17.2 Å². The average Bonchev–Trinajstić information content (AvgIpc) is 3.24. The molecule has 9 N–H and O–H groups in total. The fourth-order valence-corrected chi connectivity index (χ4v) is 4.08. The van der Waals surface area contributed by atoms with Gasteiger partial charge in [-0.1, -0.05) is 27.7 Å². The zero-order chi connectivity index (χ0) is 26.7. The number of guanidine groups is 1. The molecule has 0 aromatic heterocycles. The van der Waals surface area contributed by atoms with Gasteiger partial charge in [0.25, 0.3) is 0 Å². The molecule has 4 unspecified atom stereocenters. The summed E-state index contributed by atoms with van der Waals surface area (Å²) in [6.07, 6.45) is 2.51. The number of nitrogens with zero attached hydrogens (tertiary/aromatic N) is 2. The van der Waals surface area contributed by atoms with Gasteiger partial charge in [0, 0.05) is 13.1 Å². The molecule has 12 heteroatoms. The van der Waals surface area contributed by atoms with Gasteiger partial charge in [-0.15, -0.1) is 0 Å². The summed E-state index contributed by atoms with van der Waals surface area (Å²) in [6, 6.07) is -3.51. The Kier molecular flexibility index (Phi) is 12.5. The average molecular weight is 498 g/mol. The minimum absolute atomic E-state index is 0.0363. The minimum atomic E-state index is -1.05. The van der Waals surface area contributed by atoms with Crippen molar-refractivity contribution in [3.8, 4) is 0 Å². The quantitative estimate of drug-likeness (QED) is 0.104. The SMILES string of the molecule is CC(C)CC(NC(=O)C(N)CCCN=C(N)N)C(=O)NC(CC(C)C)C(=O)N1CCCC1C(=O)O. The lowest BCUT2D eigenvalue weighted by Gasteiger charge is -2.30. The van der Waals surface area contributed by atoms with Crippen LogP contribution in [0, 0.1) is 11.8 Å². The largest absolute Gasteiger partial charge is 0.480 e. The molecule has 0 aromatic rings. The summed E-state index contributed by atoms with van der Waals surface area (Å²) in [4.78, 5) is 55.8. The molecule has 12 nitrogen and oxygen atoms in total. The summed E-state index contributed by atoms with van der Waals surface area (Å²) in [5.41, 5.74) is 16.6. The highest BCUT2D eigenvalue weighted by Gasteiger charge is 2.38. The highest BCUT2D eigenvalue weighted by Crippen LogP contribution is 2.20. The van der Waals surface area contributed by atoms with Crippen molar-refractivity contribution in [2.45, 2.75) is 90.4 Å². The molecule has 0 aromatic carbocycles. The lowest BCUT2D eigenvalue weighted by atomic mass is 9.99. The molecule has 0 aliphatic carbocycles. The first-order chi connectivity index (χ1) is 16.3. The number of carboxylic acid groups (broad SMARTS) is 1. The number of hydrogen-bond donors (Lipinski definition) is 6. The number of amides is 3. The van der Waals surface area contributed by atoms with Crippen molar-refractivity contribution < 1.29 is 24.3 Å². The van der Waals surface area contributed by atoms with Crippen LogP contribution in [0.4, 0.5) is 0 Å². The number of hydrogen-bond acceptors (Lipinski definition) is 6. The maximum absolute atomic E-state index is 13.2. The first-order valence-corrected chi connectivity index (χ1v) is 12.3. The van der Waals surface area contributed by atoms with Gasteiger partial charge in [-0.2, -0.15) is 0 Å². The zero-order valence-electron chi connectivity index (χ0n) is 21.3. The number of likely N-dealkylation sites (tertiary alicyclic amines) is 1. The molecule has 1 saturated heterocycles. The van der Waals surface area contributed by atoms with Gasteiger partial charge < -0.3 is 37.8 Å². The van der Waals surface area contributed by atoms with Gasteiger partial charge in [-0.25, -0.2) is 4.79 Å². The number of aliphatic imine (C=N–C) groups is 1. The van der Waals surface area contributed by atoms with E-state index in [0.29, 0.717) is 51.6 Å².